The van der Waals surface area contributed by atoms with Crippen LogP contribution in [0.1, 0.15) is 36.3 Å². The van der Waals surface area contributed by atoms with Gasteiger partial charge in [0, 0.05) is 28.2 Å². The quantitative estimate of drug-likeness (QED) is 0.174. The molecule has 51 heavy (non-hydrogen) atoms. The molecule has 246 valence electrons. The number of hydrogen-bond acceptors (Lipinski definition) is 5. The summed E-state index contributed by atoms with van der Waals surface area (Å²) in [5, 5.41) is 28.7. The molecule has 0 saturated carbocycles. The number of rotatable bonds is 6. The van der Waals surface area contributed by atoms with E-state index in [2.05, 4.69) is 48.5 Å². The van der Waals surface area contributed by atoms with Crippen molar-refractivity contribution in [3.05, 3.63) is 168 Å². The van der Waals surface area contributed by atoms with E-state index in [0.717, 1.165) is 85.2 Å². The molecule has 0 bridgehead atoms. The van der Waals surface area contributed by atoms with Gasteiger partial charge in [0.2, 0.25) is 0 Å². The van der Waals surface area contributed by atoms with Crippen LogP contribution in [0.5, 0.6) is 5.75 Å². The molecule has 1 heterocycles. The maximum atomic E-state index is 11.3. The maximum Gasteiger partial charge on any atom is 0.145 e. The second-order valence-corrected chi connectivity index (χ2v) is 13.1. The smallest absolute Gasteiger partial charge is 0.145 e. The van der Waals surface area contributed by atoms with E-state index in [4.69, 9.17) is 14.4 Å². The summed E-state index contributed by atoms with van der Waals surface area (Å²) in [6.07, 6.45) is 12.7. The number of aliphatic hydroxyl groups excluding tert-OH is 1. The number of hydrogen-bond donors (Lipinski definition) is 2. The zero-order chi connectivity index (χ0) is 34.3. The molecule has 6 aromatic carbocycles. The van der Waals surface area contributed by atoms with Crippen molar-refractivity contribution in [3.8, 4) is 16.9 Å². The largest absolute Gasteiger partial charge is 0.508 e. The Labute approximate surface area is 295 Å². The minimum atomic E-state index is 0.130. The summed E-state index contributed by atoms with van der Waals surface area (Å²) in [5.74, 6) is 1.79. The Morgan fingerprint density at radius 2 is 1.12 bits per heavy atom. The molecule has 0 fully saturated rings. The van der Waals surface area contributed by atoms with E-state index >= 15 is 0 Å². The number of aliphatic imine (C=N–C) groups is 2. The molecule has 0 spiro atoms. The number of phenolic OH excluding ortho intramolecular Hbond substituents is 1. The van der Waals surface area contributed by atoms with Gasteiger partial charge in [-0.05, 0) is 93.6 Å². The van der Waals surface area contributed by atoms with Crippen LogP contribution in [-0.4, -0.2) is 22.6 Å². The van der Waals surface area contributed by atoms with Crippen molar-refractivity contribution in [2.24, 2.45) is 15.9 Å². The van der Waals surface area contributed by atoms with Gasteiger partial charge in [-0.15, -0.1) is 0 Å². The number of aliphatic hydroxyl groups is 1. The molecule has 0 saturated heterocycles. The molecule has 5 nitrogen and oxygen atoms in total. The van der Waals surface area contributed by atoms with Crippen LogP contribution < -0.4 is 0 Å². The second-order valence-electron chi connectivity index (χ2n) is 13.1. The first kappa shape index (κ1) is 30.6. The van der Waals surface area contributed by atoms with Crippen LogP contribution in [0.4, 0.5) is 11.4 Å². The highest BCUT2D eigenvalue weighted by Crippen LogP contribution is 2.47. The molecule has 2 N–H and O–H groups in total. The van der Waals surface area contributed by atoms with Gasteiger partial charge in [-0.2, -0.15) is 0 Å². The molecule has 1 aromatic heterocycles. The van der Waals surface area contributed by atoms with E-state index in [0.29, 0.717) is 17.3 Å². The van der Waals surface area contributed by atoms with Crippen LogP contribution in [0, 0.1) is 5.92 Å². The van der Waals surface area contributed by atoms with Crippen LogP contribution >= 0.6 is 0 Å². The fourth-order valence-electron chi connectivity index (χ4n) is 7.72. The van der Waals surface area contributed by atoms with Crippen LogP contribution in [0.3, 0.4) is 0 Å². The normalized spacial score (nSPS) is 16.2. The Morgan fingerprint density at radius 1 is 0.569 bits per heavy atom. The van der Waals surface area contributed by atoms with E-state index in [1.807, 2.05) is 84.9 Å². The Kier molecular flexibility index (Phi) is 7.66. The van der Waals surface area contributed by atoms with Crippen molar-refractivity contribution in [2.75, 3.05) is 0 Å². The minimum Gasteiger partial charge on any atom is -0.508 e. The fourth-order valence-corrected chi connectivity index (χ4v) is 7.72. The third kappa shape index (κ3) is 5.53. The Morgan fingerprint density at radius 3 is 1.76 bits per heavy atom. The maximum absolute atomic E-state index is 11.3. The highest BCUT2D eigenvalue weighted by molar-refractivity contribution is 6.11. The highest BCUT2D eigenvalue weighted by atomic mass is 16.3. The van der Waals surface area contributed by atoms with E-state index in [1.165, 1.54) is 5.57 Å². The van der Waals surface area contributed by atoms with Gasteiger partial charge in [-0.3, -0.25) is 9.98 Å². The molecular weight excluding hydrogens is 629 g/mol. The molecule has 2 aliphatic carbocycles. The Balaban J connectivity index is 1.09. The van der Waals surface area contributed by atoms with E-state index in [-0.39, 0.29) is 11.7 Å². The van der Waals surface area contributed by atoms with Crippen molar-refractivity contribution in [3.63, 3.8) is 0 Å². The van der Waals surface area contributed by atoms with Gasteiger partial charge in [0.05, 0.1) is 23.8 Å². The van der Waals surface area contributed by atoms with Gasteiger partial charge in [0.15, 0.2) is 0 Å². The van der Waals surface area contributed by atoms with Crippen LogP contribution in [0.2, 0.25) is 0 Å². The zero-order valence-electron chi connectivity index (χ0n) is 27.8. The molecule has 7 aromatic rings. The summed E-state index contributed by atoms with van der Waals surface area (Å²) in [4.78, 5) is 9.87. The van der Waals surface area contributed by atoms with Crippen LogP contribution in [0.25, 0.3) is 49.0 Å². The van der Waals surface area contributed by atoms with Crippen LogP contribution in [0.15, 0.2) is 165 Å². The standard InChI is InChI=1S/C46H34N2O3/c49-41-25-19-31-11-3-7-15-37(31)45(41)43-35-13-5-1-9-29(35)17-23-39(43)47-27-33-21-22-34(51-33)28-48-40-24-18-30-10-2-6-14-36(30)44(40)46-38-16-8-4-12-32(38)20-26-42(46)50/h1-3,5-7,9-15,17-28,38,49-50H,4,8,16H2. The van der Waals surface area contributed by atoms with Gasteiger partial charge in [0.1, 0.15) is 23.0 Å². The number of allylic oxidation sites excluding steroid dienone is 5. The minimum absolute atomic E-state index is 0.130. The number of furan rings is 1. The molecule has 0 amide bonds. The molecule has 1 atom stereocenters. The van der Waals surface area contributed by atoms with Crippen molar-refractivity contribution in [1.29, 1.82) is 0 Å². The van der Waals surface area contributed by atoms with Gasteiger partial charge in [0.25, 0.3) is 0 Å². The average Bonchev–Trinajstić information content (AvgIpc) is 3.64. The van der Waals surface area contributed by atoms with E-state index < -0.39 is 0 Å². The molecule has 0 radical (unpaired) electrons. The molecule has 2 aliphatic rings. The lowest BCUT2D eigenvalue weighted by molar-refractivity contribution is 0.425. The lowest BCUT2D eigenvalue weighted by atomic mass is 9.75. The third-order valence-electron chi connectivity index (χ3n) is 10.1. The average molecular weight is 663 g/mol. The molecule has 9 rings (SSSR count). The Hall–Kier alpha value is -6.46. The summed E-state index contributed by atoms with van der Waals surface area (Å²) in [7, 11) is 0. The predicted octanol–water partition coefficient (Wildman–Crippen LogP) is 12.2. The van der Waals surface area contributed by atoms with Gasteiger partial charge in [-0.25, -0.2) is 0 Å². The molecule has 1 unspecified atom stereocenters. The van der Waals surface area contributed by atoms with Crippen molar-refractivity contribution in [1.82, 2.24) is 0 Å². The van der Waals surface area contributed by atoms with Crippen molar-refractivity contribution >= 4 is 61.7 Å². The summed E-state index contributed by atoms with van der Waals surface area (Å²) >= 11 is 0. The van der Waals surface area contributed by atoms with E-state index in [9.17, 15) is 10.2 Å². The summed E-state index contributed by atoms with van der Waals surface area (Å²) < 4.78 is 6.20. The third-order valence-corrected chi connectivity index (χ3v) is 10.1. The number of nitrogens with zero attached hydrogens (tertiary/aromatic N) is 2. The molecular formula is C46H34N2O3. The van der Waals surface area contributed by atoms with Crippen molar-refractivity contribution < 1.29 is 14.6 Å². The first-order valence-electron chi connectivity index (χ1n) is 17.4. The number of benzene rings is 6. The van der Waals surface area contributed by atoms with Gasteiger partial charge in [-0.1, -0.05) is 103 Å². The molecule has 5 heteroatoms. The lowest BCUT2D eigenvalue weighted by Gasteiger charge is -2.30. The van der Waals surface area contributed by atoms with E-state index in [1.54, 1.807) is 18.5 Å². The first-order valence-corrected chi connectivity index (χ1v) is 17.4. The fraction of sp³-hybridized carbons (Fsp3) is 0.0870. The lowest BCUT2D eigenvalue weighted by Crippen LogP contribution is -2.15. The number of aromatic hydroxyl groups is 1. The van der Waals surface area contributed by atoms with Gasteiger partial charge >= 0.3 is 0 Å². The first-order chi connectivity index (χ1) is 25.1. The molecule has 0 aliphatic heterocycles. The Bertz CT molecular complexity index is 2650. The van der Waals surface area contributed by atoms with Crippen LogP contribution in [-0.2, 0) is 0 Å². The summed E-state index contributed by atoms with van der Waals surface area (Å²) in [6.45, 7) is 0. The highest BCUT2D eigenvalue weighted by Gasteiger charge is 2.29. The SMILES string of the molecule is OC1=C(c2c(N=Cc3ccc(C=Nc4ccc5ccccc5c4-c4c(O)ccc5ccccc45)o3)ccc3ccccc23)C2CCCC=C2C=C1. The zero-order valence-corrected chi connectivity index (χ0v) is 27.8. The summed E-state index contributed by atoms with van der Waals surface area (Å²) in [6, 6.07) is 40.1. The second kappa shape index (κ2) is 12.8. The van der Waals surface area contributed by atoms with Crippen molar-refractivity contribution in [2.45, 2.75) is 19.3 Å². The summed E-state index contributed by atoms with van der Waals surface area (Å²) in [5.41, 5.74) is 6.26. The monoisotopic (exact) mass is 662 g/mol. The number of fused-ring (bicyclic) bond motifs is 4. The topological polar surface area (TPSA) is 78.3 Å². The number of phenols is 1. The predicted molar refractivity (Wildman–Crippen MR) is 210 cm³/mol. The van der Waals surface area contributed by atoms with Gasteiger partial charge < -0.3 is 14.6 Å².